The third-order valence-electron chi connectivity index (χ3n) is 5.81. The first kappa shape index (κ1) is 21.9. The smallest absolute Gasteiger partial charge is 0.363 e. The van der Waals surface area contributed by atoms with E-state index in [1.807, 2.05) is 36.5 Å². The van der Waals surface area contributed by atoms with Crippen molar-refractivity contribution < 1.29 is 13.2 Å². The van der Waals surface area contributed by atoms with Crippen LogP contribution in [-0.2, 0) is 12.7 Å². The van der Waals surface area contributed by atoms with Gasteiger partial charge < -0.3 is 10.2 Å². The Balaban J connectivity index is 1.37. The molecular formula is C25H23F3N6. The van der Waals surface area contributed by atoms with Crippen LogP contribution in [0.5, 0.6) is 0 Å². The number of nitrogens with zero attached hydrogens (tertiary/aromatic N) is 5. The molecule has 174 valence electrons. The molecule has 1 aliphatic heterocycles. The van der Waals surface area contributed by atoms with Gasteiger partial charge in [0.05, 0.1) is 24.2 Å². The molecule has 1 N–H and O–H groups in total. The van der Waals surface area contributed by atoms with Crippen LogP contribution < -0.4 is 10.2 Å². The summed E-state index contributed by atoms with van der Waals surface area (Å²) in [6.45, 7) is 5.48. The predicted octanol–water partition coefficient (Wildman–Crippen LogP) is 5.86. The van der Waals surface area contributed by atoms with E-state index in [1.165, 1.54) is 16.4 Å². The molecule has 0 saturated carbocycles. The largest absolute Gasteiger partial charge is 0.435 e. The van der Waals surface area contributed by atoms with Crippen molar-refractivity contribution in [2.24, 2.45) is 0 Å². The van der Waals surface area contributed by atoms with E-state index in [0.717, 1.165) is 28.7 Å². The molecule has 0 atom stereocenters. The van der Waals surface area contributed by atoms with Gasteiger partial charge in [-0.1, -0.05) is 50.2 Å². The zero-order valence-electron chi connectivity index (χ0n) is 18.7. The summed E-state index contributed by atoms with van der Waals surface area (Å²) in [6, 6.07) is 16.4. The lowest BCUT2D eigenvalue weighted by atomic mass is 9.97. The average molecular weight is 464 g/mol. The second-order valence-corrected chi connectivity index (χ2v) is 8.52. The van der Waals surface area contributed by atoms with Gasteiger partial charge in [0.15, 0.2) is 17.3 Å². The Labute approximate surface area is 195 Å². The number of nitrogens with one attached hydrogen (secondary N) is 1. The van der Waals surface area contributed by atoms with Crippen LogP contribution >= 0.6 is 0 Å². The zero-order chi connectivity index (χ0) is 23.9. The molecule has 2 aromatic carbocycles. The molecule has 0 amide bonds. The van der Waals surface area contributed by atoms with Gasteiger partial charge >= 0.3 is 6.18 Å². The number of hydrogen-bond donors (Lipinski definition) is 1. The minimum absolute atomic E-state index is 0.350. The van der Waals surface area contributed by atoms with E-state index in [1.54, 1.807) is 12.1 Å². The molecule has 34 heavy (non-hydrogen) atoms. The van der Waals surface area contributed by atoms with Gasteiger partial charge in [-0.2, -0.15) is 18.3 Å². The highest BCUT2D eigenvalue weighted by Gasteiger charge is 2.33. The molecule has 5 rings (SSSR count). The normalized spacial score (nSPS) is 13.3. The molecular weight excluding hydrogens is 441 g/mol. The summed E-state index contributed by atoms with van der Waals surface area (Å²) in [6.07, 6.45) is -1.34. The molecule has 6 nitrogen and oxygen atoms in total. The van der Waals surface area contributed by atoms with Gasteiger partial charge in [0.1, 0.15) is 0 Å². The zero-order valence-corrected chi connectivity index (χ0v) is 18.7. The number of fused-ring (bicyclic) bond motifs is 1. The van der Waals surface area contributed by atoms with Crippen LogP contribution in [0.25, 0.3) is 17.1 Å². The predicted molar refractivity (Wildman–Crippen MR) is 125 cm³/mol. The van der Waals surface area contributed by atoms with Crippen molar-refractivity contribution in [3.8, 4) is 17.1 Å². The van der Waals surface area contributed by atoms with Gasteiger partial charge in [-0.25, -0.2) is 14.6 Å². The molecule has 2 aromatic heterocycles. The molecule has 9 heteroatoms. The fourth-order valence-electron chi connectivity index (χ4n) is 4.05. The third kappa shape index (κ3) is 4.21. The van der Waals surface area contributed by atoms with E-state index in [-0.39, 0.29) is 0 Å². The lowest BCUT2D eigenvalue weighted by Crippen LogP contribution is -2.22. The van der Waals surface area contributed by atoms with Crippen molar-refractivity contribution >= 4 is 11.5 Å². The van der Waals surface area contributed by atoms with Crippen molar-refractivity contribution in [3.05, 3.63) is 83.8 Å². The van der Waals surface area contributed by atoms with Gasteiger partial charge in [0.2, 0.25) is 0 Å². The topological polar surface area (TPSA) is 58.9 Å². The monoisotopic (exact) mass is 464 g/mol. The molecule has 1 aliphatic rings. The quantitative estimate of drug-likeness (QED) is 0.401. The van der Waals surface area contributed by atoms with Crippen LogP contribution in [0.4, 0.5) is 24.7 Å². The second kappa shape index (κ2) is 8.48. The van der Waals surface area contributed by atoms with Crippen LogP contribution in [0, 0.1) is 0 Å². The van der Waals surface area contributed by atoms with Crippen LogP contribution in [0.2, 0.25) is 0 Å². The maximum absolute atomic E-state index is 12.8. The van der Waals surface area contributed by atoms with Gasteiger partial charge in [-0.15, -0.1) is 0 Å². The minimum Gasteiger partial charge on any atom is -0.363 e. The maximum Gasteiger partial charge on any atom is 0.435 e. The standard InChI is InChI=1S/C25H23F3N6/c1-16(2)19-5-3-4-6-20(19)23-29-13-21-24(31-23)33(15-30-21)14-17-7-9-18(10-8-17)34-12-11-22(32-34)25(26,27)28/h3-13,16,30H,14-15H2,1-2H3. The van der Waals surface area contributed by atoms with E-state index in [9.17, 15) is 13.2 Å². The first-order valence-corrected chi connectivity index (χ1v) is 11.0. The van der Waals surface area contributed by atoms with E-state index in [4.69, 9.17) is 4.98 Å². The molecule has 0 saturated heterocycles. The van der Waals surface area contributed by atoms with Crippen molar-refractivity contribution in [1.29, 1.82) is 0 Å². The number of benzene rings is 2. The first-order chi connectivity index (χ1) is 16.3. The number of anilines is 2. The summed E-state index contributed by atoms with van der Waals surface area (Å²) in [5.74, 6) is 1.86. The van der Waals surface area contributed by atoms with E-state index >= 15 is 0 Å². The van der Waals surface area contributed by atoms with Gasteiger partial charge in [-0.3, -0.25) is 0 Å². The van der Waals surface area contributed by atoms with Crippen molar-refractivity contribution in [3.63, 3.8) is 0 Å². The molecule has 0 spiro atoms. The van der Waals surface area contributed by atoms with Crippen molar-refractivity contribution in [2.45, 2.75) is 32.5 Å². The van der Waals surface area contributed by atoms with Crippen LogP contribution in [0.3, 0.4) is 0 Å². The molecule has 0 fully saturated rings. The Hall–Kier alpha value is -3.88. The summed E-state index contributed by atoms with van der Waals surface area (Å²) < 4.78 is 39.7. The summed E-state index contributed by atoms with van der Waals surface area (Å²) in [7, 11) is 0. The highest BCUT2D eigenvalue weighted by molar-refractivity contribution is 5.73. The van der Waals surface area contributed by atoms with Gasteiger partial charge in [-0.05, 0) is 35.2 Å². The van der Waals surface area contributed by atoms with Crippen LogP contribution in [0.15, 0.2) is 67.0 Å². The summed E-state index contributed by atoms with van der Waals surface area (Å²) in [5.41, 5.74) is 3.75. The SMILES string of the molecule is CC(C)c1ccccc1-c1ncc2c(n1)N(Cc1ccc(-n3ccc(C(F)(F)F)n3)cc1)CN2. The number of halogens is 3. The average Bonchev–Trinajstić information content (AvgIpc) is 3.47. The fraction of sp³-hybridized carbons (Fsp3) is 0.240. The molecule has 0 aliphatic carbocycles. The number of rotatable bonds is 5. The van der Waals surface area contributed by atoms with Gasteiger partial charge in [0.25, 0.3) is 0 Å². The Bertz CT molecular complexity index is 1310. The summed E-state index contributed by atoms with van der Waals surface area (Å²) >= 11 is 0. The molecule has 0 radical (unpaired) electrons. The summed E-state index contributed by atoms with van der Waals surface area (Å²) in [4.78, 5) is 11.6. The van der Waals surface area contributed by atoms with Crippen LogP contribution in [0.1, 0.15) is 36.6 Å². The molecule has 3 heterocycles. The Morgan fingerprint density at radius 3 is 2.50 bits per heavy atom. The van der Waals surface area contributed by atoms with E-state index in [0.29, 0.717) is 30.6 Å². The highest BCUT2D eigenvalue weighted by Crippen LogP contribution is 2.34. The highest BCUT2D eigenvalue weighted by atomic mass is 19.4. The van der Waals surface area contributed by atoms with Gasteiger partial charge in [0, 0.05) is 18.3 Å². The van der Waals surface area contributed by atoms with Crippen molar-refractivity contribution in [1.82, 2.24) is 19.7 Å². The van der Waals surface area contributed by atoms with E-state index < -0.39 is 11.9 Å². The Morgan fingerprint density at radius 2 is 1.79 bits per heavy atom. The Kier molecular flexibility index (Phi) is 5.47. The fourth-order valence-corrected chi connectivity index (χ4v) is 4.05. The lowest BCUT2D eigenvalue weighted by Gasteiger charge is -2.18. The maximum atomic E-state index is 12.8. The Morgan fingerprint density at radius 1 is 1.03 bits per heavy atom. The number of alkyl halides is 3. The van der Waals surface area contributed by atoms with E-state index in [2.05, 4.69) is 40.2 Å². The molecule has 4 aromatic rings. The lowest BCUT2D eigenvalue weighted by molar-refractivity contribution is -0.141. The van der Waals surface area contributed by atoms with Crippen LogP contribution in [-0.4, -0.2) is 26.4 Å². The minimum atomic E-state index is -4.46. The molecule has 0 unspecified atom stereocenters. The molecule has 0 bridgehead atoms. The summed E-state index contributed by atoms with van der Waals surface area (Å²) in [5, 5.41) is 6.95. The first-order valence-electron chi connectivity index (χ1n) is 11.0. The second-order valence-electron chi connectivity index (χ2n) is 8.52. The third-order valence-corrected chi connectivity index (χ3v) is 5.81. The number of aromatic nitrogens is 4. The number of hydrogen-bond acceptors (Lipinski definition) is 5. The van der Waals surface area contributed by atoms with Crippen molar-refractivity contribution in [2.75, 3.05) is 16.9 Å².